The van der Waals surface area contributed by atoms with Crippen LogP contribution in [0.1, 0.15) is 23.2 Å². The molecule has 0 radical (unpaired) electrons. The highest BCUT2D eigenvalue weighted by atomic mass is 79.9. The molecule has 5 nitrogen and oxygen atoms in total. The number of nitrogens with one attached hydrogen (secondary N) is 1. The van der Waals surface area contributed by atoms with E-state index in [1.165, 1.54) is 0 Å². The van der Waals surface area contributed by atoms with Gasteiger partial charge in [0.2, 0.25) is 0 Å². The first-order chi connectivity index (χ1) is 10.2. The monoisotopic (exact) mass is 357 g/mol. The molecule has 0 aliphatic carbocycles. The molecule has 2 rings (SSSR count). The van der Waals surface area contributed by atoms with E-state index in [1.807, 2.05) is 6.07 Å². The molecule has 21 heavy (non-hydrogen) atoms. The van der Waals surface area contributed by atoms with Crippen LogP contribution in [-0.2, 0) is 9.47 Å². The van der Waals surface area contributed by atoms with Gasteiger partial charge in [-0.15, -0.1) is 0 Å². The zero-order valence-corrected chi connectivity index (χ0v) is 13.6. The lowest BCUT2D eigenvalue weighted by molar-refractivity contribution is 0.0852. The normalized spacial score (nSPS) is 17.7. The fraction of sp³-hybridized carbons (Fsp3) is 0.533. The van der Waals surface area contributed by atoms with Gasteiger partial charge < -0.3 is 19.5 Å². The minimum atomic E-state index is -0.154. The van der Waals surface area contributed by atoms with Crippen molar-refractivity contribution in [3.63, 3.8) is 0 Å². The summed E-state index contributed by atoms with van der Waals surface area (Å²) in [5, 5.41) is 2.90. The van der Waals surface area contributed by atoms with Gasteiger partial charge in [-0.05, 0) is 31.0 Å². The number of rotatable bonds is 7. The fourth-order valence-electron chi connectivity index (χ4n) is 2.15. The van der Waals surface area contributed by atoms with Gasteiger partial charge in [0.15, 0.2) is 0 Å². The summed E-state index contributed by atoms with van der Waals surface area (Å²) < 4.78 is 16.9. The zero-order chi connectivity index (χ0) is 15.1. The Morgan fingerprint density at radius 1 is 1.48 bits per heavy atom. The van der Waals surface area contributed by atoms with E-state index in [2.05, 4.69) is 21.2 Å². The van der Waals surface area contributed by atoms with E-state index in [-0.39, 0.29) is 12.0 Å². The van der Waals surface area contributed by atoms with E-state index in [4.69, 9.17) is 14.2 Å². The van der Waals surface area contributed by atoms with Crippen molar-refractivity contribution in [2.24, 2.45) is 0 Å². The highest BCUT2D eigenvalue weighted by Crippen LogP contribution is 2.23. The standard InChI is InChI=1S/C15H20BrNO4/c1-19-7-8-21-14-5-4-11(16)9-13(14)15(18)17-10-12-3-2-6-20-12/h4-5,9,12H,2-3,6-8,10H2,1H3,(H,17,18). The summed E-state index contributed by atoms with van der Waals surface area (Å²) in [4.78, 5) is 12.3. The lowest BCUT2D eigenvalue weighted by atomic mass is 10.1. The van der Waals surface area contributed by atoms with Crippen LogP contribution in [0, 0.1) is 0 Å². The number of benzene rings is 1. The Morgan fingerprint density at radius 3 is 3.05 bits per heavy atom. The molecule has 1 heterocycles. The number of amides is 1. The van der Waals surface area contributed by atoms with E-state index in [0.717, 1.165) is 23.9 Å². The van der Waals surface area contributed by atoms with Crippen LogP contribution in [0.5, 0.6) is 5.75 Å². The Bertz CT molecular complexity index is 475. The molecule has 1 aliphatic rings. The third-order valence-electron chi connectivity index (χ3n) is 3.25. The maximum Gasteiger partial charge on any atom is 0.255 e. The van der Waals surface area contributed by atoms with Gasteiger partial charge in [-0.3, -0.25) is 4.79 Å². The zero-order valence-electron chi connectivity index (χ0n) is 12.1. The minimum absolute atomic E-state index is 0.124. The average Bonchev–Trinajstić information content (AvgIpc) is 3.00. The molecule has 1 amide bonds. The number of hydrogen-bond acceptors (Lipinski definition) is 4. The maximum absolute atomic E-state index is 12.3. The molecule has 1 fully saturated rings. The predicted molar refractivity (Wildman–Crippen MR) is 82.8 cm³/mol. The molecule has 6 heteroatoms. The van der Waals surface area contributed by atoms with Crippen molar-refractivity contribution in [1.29, 1.82) is 0 Å². The van der Waals surface area contributed by atoms with Gasteiger partial charge in [0.05, 0.1) is 18.3 Å². The smallest absolute Gasteiger partial charge is 0.255 e. The van der Waals surface area contributed by atoms with Crippen molar-refractivity contribution in [1.82, 2.24) is 5.32 Å². The number of halogens is 1. The molecule has 1 aromatic carbocycles. The summed E-state index contributed by atoms with van der Waals surface area (Å²) in [6.45, 7) is 2.20. The first-order valence-corrected chi connectivity index (χ1v) is 7.81. The molecular weight excluding hydrogens is 338 g/mol. The van der Waals surface area contributed by atoms with E-state index >= 15 is 0 Å². The Kier molecular flexibility index (Phi) is 6.48. The second-order valence-electron chi connectivity index (χ2n) is 4.83. The van der Waals surface area contributed by atoms with E-state index in [9.17, 15) is 4.79 Å². The summed E-state index contributed by atoms with van der Waals surface area (Å²) >= 11 is 3.38. The molecule has 0 bridgehead atoms. The van der Waals surface area contributed by atoms with Gasteiger partial charge in [-0.1, -0.05) is 15.9 Å². The van der Waals surface area contributed by atoms with Gasteiger partial charge in [-0.2, -0.15) is 0 Å². The third-order valence-corrected chi connectivity index (χ3v) is 3.74. The predicted octanol–water partition coefficient (Wildman–Crippen LogP) is 2.38. The van der Waals surface area contributed by atoms with Crippen LogP contribution < -0.4 is 10.1 Å². The van der Waals surface area contributed by atoms with Gasteiger partial charge >= 0.3 is 0 Å². The van der Waals surface area contributed by atoms with Crippen LogP contribution in [0.3, 0.4) is 0 Å². The molecule has 0 spiro atoms. The summed E-state index contributed by atoms with van der Waals surface area (Å²) in [5.41, 5.74) is 0.512. The average molecular weight is 358 g/mol. The quantitative estimate of drug-likeness (QED) is 0.761. The van der Waals surface area contributed by atoms with E-state index in [1.54, 1.807) is 19.2 Å². The lowest BCUT2D eigenvalue weighted by Crippen LogP contribution is -2.32. The van der Waals surface area contributed by atoms with Crippen LogP contribution >= 0.6 is 15.9 Å². The van der Waals surface area contributed by atoms with Crippen LogP contribution in [-0.4, -0.2) is 45.5 Å². The summed E-state index contributed by atoms with van der Waals surface area (Å²) in [6, 6.07) is 5.38. The van der Waals surface area contributed by atoms with Crippen molar-refractivity contribution in [2.75, 3.05) is 33.5 Å². The van der Waals surface area contributed by atoms with Gasteiger partial charge in [-0.25, -0.2) is 0 Å². The van der Waals surface area contributed by atoms with Gasteiger partial charge in [0.25, 0.3) is 5.91 Å². The fourth-order valence-corrected chi connectivity index (χ4v) is 2.51. The molecule has 1 atom stereocenters. The topological polar surface area (TPSA) is 56.8 Å². The molecule has 116 valence electrons. The largest absolute Gasteiger partial charge is 0.490 e. The van der Waals surface area contributed by atoms with Crippen molar-refractivity contribution < 1.29 is 19.0 Å². The first-order valence-electron chi connectivity index (χ1n) is 7.02. The van der Waals surface area contributed by atoms with Crippen molar-refractivity contribution in [3.8, 4) is 5.75 Å². The molecule has 0 aromatic heterocycles. The lowest BCUT2D eigenvalue weighted by Gasteiger charge is -2.14. The second-order valence-corrected chi connectivity index (χ2v) is 5.74. The molecule has 1 aromatic rings. The molecule has 1 unspecified atom stereocenters. The number of carbonyl (C=O) groups is 1. The van der Waals surface area contributed by atoms with E-state index < -0.39 is 0 Å². The second kappa shape index (κ2) is 8.36. The highest BCUT2D eigenvalue weighted by molar-refractivity contribution is 9.10. The number of methoxy groups -OCH3 is 1. The first kappa shape index (κ1) is 16.3. The van der Waals surface area contributed by atoms with E-state index in [0.29, 0.717) is 31.1 Å². The molecule has 0 saturated carbocycles. The van der Waals surface area contributed by atoms with Crippen LogP contribution in [0.25, 0.3) is 0 Å². The van der Waals surface area contributed by atoms with Gasteiger partial charge in [0, 0.05) is 24.7 Å². The maximum atomic E-state index is 12.3. The number of carbonyl (C=O) groups excluding carboxylic acids is 1. The summed E-state index contributed by atoms with van der Waals surface area (Å²) in [6.07, 6.45) is 2.18. The molecule has 1 aliphatic heterocycles. The Hall–Kier alpha value is -1.11. The van der Waals surface area contributed by atoms with Crippen LogP contribution in [0.15, 0.2) is 22.7 Å². The third kappa shape index (κ3) is 4.98. The number of ether oxygens (including phenoxy) is 3. The number of hydrogen-bond donors (Lipinski definition) is 1. The van der Waals surface area contributed by atoms with Crippen molar-refractivity contribution in [3.05, 3.63) is 28.2 Å². The molecular formula is C15H20BrNO4. The van der Waals surface area contributed by atoms with Crippen molar-refractivity contribution >= 4 is 21.8 Å². The molecule has 1 saturated heterocycles. The summed E-state index contributed by atoms with van der Waals surface area (Å²) in [7, 11) is 1.61. The Labute approximate surface area is 133 Å². The minimum Gasteiger partial charge on any atom is -0.490 e. The Morgan fingerprint density at radius 2 is 2.33 bits per heavy atom. The van der Waals surface area contributed by atoms with Gasteiger partial charge in [0.1, 0.15) is 12.4 Å². The van der Waals surface area contributed by atoms with Crippen LogP contribution in [0.2, 0.25) is 0 Å². The Balaban J connectivity index is 1.97. The SMILES string of the molecule is COCCOc1ccc(Br)cc1C(=O)NCC1CCCO1. The molecule has 1 N–H and O–H groups in total. The highest BCUT2D eigenvalue weighted by Gasteiger charge is 2.18. The van der Waals surface area contributed by atoms with Crippen LogP contribution in [0.4, 0.5) is 0 Å². The van der Waals surface area contributed by atoms with Crippen molar-refractivity contribution in [2.45, 2.75) is 18.9 Å². The summed E-state index contributed by atoms with van der Waals surface area (Å²) in [5.74, 6) is 0.402.